The molecule has 0 fully saturated rings. The number of benzene rings is 8. The molecule has 8 aromatic carbocycles. The molecule has 0 unspecified atom stereocenters. The van der Waals surface area contributed by atoms with E-state index in [2.05, 4.69) is 158 Å². The van der Waals surface area contributed by atoms with Gasteiger partial charge in [0.25, 0.3) is 0 Å². The molecule has 0 amide bonds. The maximum atomic E-state index is 10.1. The van der Waals surface area contributed by atoms with Gasteiger partial charge in [-0.1, -0.05) is 182 Å². The van der Waals surface area contributed by atoms with Crippen LogP contribution >= 0.6 is 0 Å². The Hall–Kier alpha value is -7.41. The first kappa shape index (κ1) is 32.3. The molecule has 1 heterocycles. The largest absolute Gasteiger partial charge is 0.228 e. The number of nitrogens with zero attached hydrogens (tertiary/aromatic N) is 3. The highest BCUT2D eigenvalue weighted by atomic mass is 14.9. The lowest BCUT2D eigenvalue weighted by molar-refractivity contribution is 0.768. The van der Waals surface area contributed by atoms with Gasteiger partial charge >= 0.3 is 0 Å². The maximum Gasteiger partial charge on any atom is 0.160 e. The van der Waals surface area contributed by atoms with E-state index < -0.39 is 5.41 Å². The third kappa shape index (κ3) is 5.19. The predicted octanol–water partition coefficient (Wildman–Crippen LogP) is 12.5. The van der Waals surface area contributed by atoms with Crippen molar-refractivity contribution >= 4 is 10.9 Å². The van der Waals surface area contributed by atoms with Gasteiger partial charge in [-0.3, -0.25) is 0 Å². The molecular weight excluding hydrogens is 667 g/mol. The first-order valence-electron chi connectivity index (χ1n) is 18.6. The summed E-state index contributed by atoms with van der Waals surface area (Å²) in [5.41, 5.74) is 15.5. The van der Waals surface area contributed by atoms with E-state index in [1.54, 1.807) is 0 Å². The highest BCUT2D eigenvalue weighted by Crippen LogP contribution is 2.59. The Bertz CT molecular complexity index is 2870. The summed E-state index contributed by atoms with van der Waals surface area (Å²) in [5, 5.41) is 11.1. The molecule has 0 bridgehead atoms. The SMILES string of the molecule is N#Cc1cccc(-c2c(-c3ccc(-c4nc(-c5ccccc5)c5ccccc5n4)cc3)ccc3c2-c2ccccc2C3(c2ccccc2)c2ccccc2)c1. The zero-order valence-electron chi connectivity index (χ0n) is 29.9. The van der Waals surface area contributed by atoms with Crippen LogP contribution in [0.5, 0.6) is 0 Å². The zero-order valence-corrected chi connectivity index (χ0v) is 29.9. The quantitative estimate of drug-likeness (QED) is 0.174. The number of hydrogen-bond donors (Lipinski definition) is 0. The first-order chi connectivity index (χ1) is 27.2. The predicted molar refractivity (Wildman–Crippen MR) is 223 cm³/mol. The average Bonchev–Trinajstić information content (AvgIpc) is 3.58. The molecule has 0 saturated carbocycles. The highest BCUT2D eigenvalue weighted by Gasteiger charge is 2.47. The Morgan fingerprint density at radius 3 is 1.76 bits per heavy atom. The third-order valence-electron chi connectivity index (χ3n) is 11.0. The summed E-state index contributed by atoms with van der Waals surface area (Å²) < 4.78 is 0. The van der Waals surface area contributed by atoms with Crippen LogP contribution in [0.15, 0.2) is 200 Å². The minimum Gasteiger partial charge on any atom is -0.228 e. The van der Waals surface area contributed by atoms with E-state index in [4.69, 9.17) is 9.97 Å². The lowest BCUT2D eigenvalue weighted by atomic mass is 9.67. The Kier molecular flexibility index (Phi) is 7.75. The summed E-state index contributed by atoms with van der Waals surface area (Å²) in [5.74, 6) is 0.685. The summed E-state index contributed by atoms with van der Waals surface area (Å²) in [6.07, 6.45) is 0. The van der Waals surface area contributed by atoms with Gasteiger partial charge in [0.2, 0.25) is 0 Å². The maximum absolute atomic E-state index is 10.1. The van der Waals surface area contributed by atoms with Crippen LogP contribution in [0.4, 0.5) is 0 Å². The van der Waals surface area contributed by atoms with E-state index in [1.165, 1.54) is 33.4 Å². The van der Waals surface area contributed by atoms with Gasteiger partial charge in [0.15, 0.2) is 5.82 Å². The van der Waals surface area contributed by atoms with Gasteiger partial charge in [-0.2, -0.15) is 5.26 Å². The lowest BCUT2D eigenvalue weighted by Gasteiger charge is -2.34. The Morgan fingerprint density at radius 1 is 0.418 bits per heavy atom. The number of hydrogen-bond acceptors (Lipinski definition) is 3. The molecule has 0 spiro atoms. The van der Waals surface area contributed by atoms with E-state index in [1.807, 2.05) is 48.5 Å². The number of para-hydroxylation sites is 1. The van der Waals surface area contributed by atoms with Crippen molar-refractivity contribution in [2.45, 2.75) is 5.41 Å². The number of nitriles is 1. The van der Waals surface area contributed by atoms with Gasteiger partial charge in [0.05, 0.1) is 28.3 Å². The second kappa shape index (κ2) is 13.2. The van der Waals surface area contributed by atoms with E-state index in [0.717, 1.165) is 50.0 Å². The fraction of sp³-hybridized carbons (Fsp3) is 0.0192. The second-order valence-electron chi connectivity index (χ2n) is 14.0. The van der Waals surface area contributed by atoms with Gasteiger partial charge in [0, 0.05) is 16.5 Å². The molecule has 0 saturated heterocycles. The summed E-state index contributed by atoms with van der Waals surface area (Å²) in [7, 11) is 0. The van der Waals surface area contributed by atoms with Gasteiger partial charge in [-0.05, 0) is 73.8 Å². The van der Waals surface area contributed by atoms with E-state index in [-0.39, 0.29) is 0 Å². The van der Waals surface area contributed by atoms with Crippen molar-refractivity contribution in [3.63, 3.8) is 0 Å². The Morgan fingerprint density at radius 2 is 1.04 bits per heavy atom. The standard InChI is InChI=1S/C52H33N3/c53-34-35-15-14-18-39(33-35)48-42(36-27-29-38(30-28-36)51-54-47-26-13-11-24-44(47)50(55-51)37-16-4-1-5-17-37)31-32-46-49(48)43-23-10-12-25-45(43)52(46,40-19-6-2-7-20-40)41-21-8-3-9-22-41/h1-33H. The summed E-state index contributed by atoms with van der Waals surface area (Å²) >= 11 is 0. The minimum absolute atomic E-state index is 0.539. The van der Waals surface area contributed by atoms with Gasteiger partial charge < -0.3 is 0 Å². The van der Waals surface area contributed by atoms with Crippen LogP contribution in [0.3, 0.4) is 0 Å². The molecule has 1 aliphatic rings. The highest BCUT2D eigenvalue weighted by molar-refractivity contribution is 6.02. The Labute approximate surface area is 320 Å². The molecular formula is C52H33N3. The third-order valence-corrected chi connectivity index (χ3v) is 11.0. The fourth-order valence-electron chi connectivity index (χ4n) is 8.64. The molecule has 0 aliphatic heterocycles. The van der Waals surface area contributed by atoms with Crippen molar-refractivity contribution in [2.75, 3.05) is 0 Å². The van der Waals surface area contributed by atoms with Crippen LogP contribution < -0.4 is 0 Å². The number of fused-ring (bicyclic) bond motifs is 4. The summed E-state index contributed by atoms with van der Waals surface area (Å²) in [6, 6.07) is 72.7. The normalized spacial score (nSPS) is 12.5. The molecule has 1 aromatic heterocycles. The molecule has 0 radical (unpaired) electrons. The van der Waals surface area contributed by atoms with E-state index in [9.17, 15) is 5.26 Å². The molecule has 55 heavy (non-hydrogen) atoms. The second-order valence-corrected chi connectivity index (χ2v) is 14.0. The van der Waals surface area contributed by atoms with Crippen molar-refractivity contribution in [3.05, 3.63) is 228 Å². The number of rotatable bonds is 6. The molecule has 9 aromatic rings. The summed E-state index contributed by atoms with van der Waals surface area (Å²) in [6.45, 7) is 0. The van der Waals surface area contributed by atoms with Crippen LogP contribution in [-0.2, 0) is 5.41 Å². The van der Waals surface area contributed by atoms with Crippen molar-refractivity contribution in [2.24, 2.45) is 0 Å². The molecule has 256 valence electrons. The van der Waals surface area contributed by atoms with Crippen LogP contribution in [0.25, 0.3) is 66.9 Å². The van der Waals surface area contributed by atoms with Crippen LogP contribution in [0.1, 0.15) is 27.8 Å². The van der Waals surface area contributed by atoms with Gasteiger partial charge in [-0.15, -0.1) is 0 Å². The molecule has 3 heteroatoms. The van der Waals surface area contributed by atoms with Crippen molar-refractivity contribution in [1.82, 2.24) is 9.97 Å². The molecule has 10 rings (SSSR count). The van der Waals surface area contributed by atoms with E-state index >= 15 is 0 Å². The molecule has 0 atom stereocenters. The van der Waals surface area contributed by atoms with Crippen LogP contribution in [-0.4, -0.2) is 9.97 Å². The van der Waals surface area contributed by atoms with Crippen LogP contribution in [0, 0.1) is 11.3 Å². The zero-order chi connectivity index (χ0) is 36.8. The number of aromatic nitrogens is 2. The van der Waals surface area contributed by atoms with E-state index in [0.29, 0.717) is 11.4 Å². The van der Waals surface area contributed by atoms with Crippen molar-refractivity contribution in [1.29, 1.82) is 5.26 Å². The average molecular weight is 700 g/mol. The topological polar surface area (TPSA) is 49.6 Å². The monoisotopic (exact) mass is 699 g/mol. The minimum atomic E-state index is -0.539. The smallest absolute Gasteiger partial charge is 0.160 e. The van der Waals surface area contributed by atoms with Crippen molar-refractivity contribution < 1.29 is 0 Å². The fourth-order valence-corrected chi connectivity index (χ4v) is 8.64. The lowest BCUT2D eigenvalue weighted by Crippen LogP contribution is -2.28. The Balaban J connectivity index is 1.21. The summed E-state index contributed by atoms with van der Waals surface area (Å²) in [4.78, 5) is 10.2. The molecule has 3 nitrogen and oxygen atoms in total. The van der Waals surface area contributed by atoms with Gasteiger partial charge in [0.1, 0.15) is 0 Å². The molecule has 0 N–H and O–H groups in total. The van der Waals surface area contributed by atoms with Crippen LogP contribution in [0.2, 0.25) is 0 Å². The van der Waals surface area contributed by atoms with Crippen molar-refractivity contribution in [3.8, 4) is 62.1 Å². The van der Waals surface area contributed by atoms with Gasteiger partial charge in [-0.25, -0.2) is 9.97 Å². The molecule has 1 aliphatic carbocycles. The first-order valence-corrected chi connectivity index (χ1v) is 18.6.